The molecular weight excluding hydrogens is 360 g/mol. The number of hydrogen-bond donors (Lipinski definition) is 1. The van der Waals surface area contributed by atoms with Gasteiger partial charge in [0.05, 0.1) is 11.3 Å². The zero-order valence-corrected chi connectivity index (χ0v) is 18.7. The van der Waals surface area contributed by atoms with E-state index in [9.17, 15) is 4.79 Å². The van der Waals surface area contributed by atoms with Crippen LogP contribution in [0.2, 0.25) is 0 Å². The Morgan fingerprint density at radius 1 is 1.24 bits per heavy atom. The number of aryl methyl sites for hydroxylation is 2. The van der Waals surface area contributed by atoms with Crippen LogP contribution >= 0.6 is 0 Å². The van der Waals surface area contributed by atoms with E-state index in [1.807, 2.05) is 24.8 Å². The Kier molecular flexibility index (Phi) is 9.10. The van der Waals surface area contributed by atoms with Gasteiger partial charge in [0, 0.05) is 25.0 Å². The number of carbonyl (C=O) groups excluding carboxylic acids is 1. The summed E-state index contributed by atoms with van der Waals surface area (Å²) in [6, 6.07) is 8.40. The first-order valence-corrected chi connectivity index (χ1v) is 11.0. The van der Waals surface area contributed by atoms with Crippen molar-refractivity contribution in [3.8, 4) is 0 Å². The lowest BCUT2D eigenvalue weighted by atomic mass is 10.0. The Hall–Kier alpha value is -2.43. The third-order valence-corrected chi connectivity index (χ3v) is 5.37. The summed E-state index contributed by atoms with van der Waals surface area (Å²) in [7, 11) is 0. The van der Waals surface area contributed by atoms with Crippen LogP contribution in [0.3, 0.4) is 0 Å². The van der Waals surface area contributed by atoms with Crippen molar-refractivity contribution in [1.82, 2.24) is 9.97 Å². The van der Waals surface area contributed by atoms with Crippen LogP contribution < -0.4 is 10.2 Å². The lowest BCUT2D eigenvalue weighted by Gasteiger charge is -2.25. The fourth-order valence-corrected chi connectivity index (χ4v) is 3.23. The molecule has 1 unspecified atom stereocenters. The molecule has 0 spiro atoms. The molecular formula is C24H36N4O. The maximum absolute atomic E-state index is 13.5. The topological polar surface area (TPSA) is 58.1 Å². The normalized spacial score (nSPS) is 11.9. The standard InChI is InChI=1S/C24H36N4O/c1-6-9-11-20-12-10-13-21(16-20)28(15-14-18(4)7-2)23(29)22-17-26-24(25-8-3)27-19(22)5/h10,12-13,16-18H,6-9,11,14-15H2,1-5H3,(H,25,26,27). The number of anilines is 2. The summed E-state index contributed by atoms with van der Waals surface area (Å²) >= 11 is 0. The van der Waals surface area contributed by atoms with Crippen LogP contribution in [0.15, 0.2) is 30.5 Å². The number of amides is 1. The van der Waals surface area contributed by atoms with Crippen molar-refractivity contribution in [3.05, 3.63) is 47.3 Å². The van der Waals surface area contributed by atoms with Gasteiger partial charge in [0.25, 0.3) is 5.91 Å². The van der Waals surface area contributed by atoms with Gasteiger partial charge in [-0.05, 0) is 56.7 Å². The molecule has 0 aliphatic carbocycles. The summed E-state index contributed by atoms with van der Waals surface area (Å²) in [5, 5.41) is 3.10. The van der Waals surface area contributed by atoms with Gasteiger partial charge in [0.2, 0.25) is 5.95 Å². The van der Waals surface area contributed by atoms with Gasteiger partial charge < -0.3 is 10.2 Å². The third-order valence-electron chi connectivity index (χ3n) is 5.37. The van der Waals surface area contributed by atoms with E-state index in [1.54, 1.807) is 6.20 Å². The summed E-state index contributed by atoms with van der Waals surface area (Å²) in [5.41, 5.74) is 3.51. The molecule has 5 nitrogen and oxygen atoms in total. The van der Waals surface area contributed by atoms with Gasteiger partial charge in [-0.25, -0.2) is 9.97 Å². The first kappa shape index (κ1) is 22.9. The van der Waals surface area contributed by atoms with Gasteiger partial charge >= 0.3 is 0 Å². The molecule has 0 fully saturated rings. The third kappa shape index (κ3) is 6.55. The SMILES string of the molecule is CCCCc1cccc(N(CCC(C)CC)C(=O)c2cnc(NCC)nc2C)c1. The zero-order chi connectivity index (χ0) is 21.2. The molecule has 1 aromatic heterocycles. The van der Waals surface area contributed by atoms with Crippen molar-refractivity contribution in [1.29, 1.82) is 0 Å². The Morgan fingerprint density at radius 2 is 2.03 bits per heavy atom. The molecule has 1 atom stereocenters. The van der Waals surface area contributed by atoms with Gasteiger partial charge in [-0.3, -0.25) is 4.79 Å². The van der Waals surface area contributed by atoms with E-state index in [1.165, 1.54) is 5.56 Å². The molecule has 1 amide bonds. The lowest BCUT2D eigenvalue weighted by molar-refractivity contribution is 0.0984. The second kappa shape index (κ2) is 11.5. The van der Waals surface area contributed by atoms with Gasteiger partial charge in [-0.1, -0.05) is 45.7 Å². The highest BCUT2D eigenvalue weighted by molar-refractivity contribution is 6.06. The van der Waals surface area contributed by atoms with Crippen molar-refractivity contribution in [2.75, 3.05) is 23.3 Å². The van der Waals surface area contributed by atoms with E-state index in [4.69, 9.17) is 0 Å². The van der Waals surface area contributed by atoms with Gasteiger partial charge in [-0.2, -0.15) is 0 Å². The number of nitrogens with zero attached hydrogens (tertiary/aromatic N) is 3. The van der Waals surface area contributed by atoms with Gasteiger partial charge in [0.1, 0.15) is 0 Å². The van der Waals surface area contributed by atoms with Crippen LogP contribution in [0.5, 0.6) is 0 Å². The monoisotopic (exact) mass is 396 g/mol. The maximum atomic E-state index is 13.5. The largest absolute Gasteiger partial charge is 0.354 e. The highest BCUT2D eigenvalue weighted by Gasteiger charge is 2.21. The highest BCUT2D eigenvalue weighted by Crippen LogP contribution is 2.23. The van der Waals surface area contributed by atoms with E-state index in [-0.39, 0.29) is 5.91 Å². The fraction of sp³-hybridized carbons (Fsp3) is 0.542. The van der Waals surface area contributed by atoms with Crippen molar-refractivity contribution >= 4 is 17.5 Å². The molecule has 5 heteroatoms. The van der Waals surface area contributed by atoms with Crippen molar-refractivity contribution in [3.63, 3.8) is 0 Å². The number of unbranched alkanes of at least 4 members (excludes halogenated alkanes) is 1. The first-order valence-electron chi connectivity index (χ1n) is 11.0. The number of rotatable bonds is 11. The highest BCUT2D eigenvalue weighted by atomic mass is 16.2. The van der Waals surface area contributed by atoms with E-state index in [0.29, 0.717) is 29.7 Å². The second-order valence-electron chi connectivity index (χ2n) is 7.76. The molecule has 1 heterocycles. The second-order valence-corrected chi connectivity index (χ2v) is 7.76. The predicted octanol–water partition coefficient (Wildman–Crippen LogP) is 5.64. The number of nitrogens with one attached hydrogen (secondary N) is 1. The Bertz CT molecular complexity index is 790. The van der Waals surface area contributed by atoms with Crippen LogP contribution in [0.25, 0.3) is 0 Å². The Morgan fingerprint density at radius 3 is 2.69 bits per heavy atom. The molecule has 0 radical (unpaired) electrons. The van der Waals surface area contributed by atoms with Crippen molar-refractivity contribution < 1.29 is 4.79 Å². The summed E-state index contributed by atoms with van der Waals surface area (Å²) in [6.07, 6.45) is 7.09. The zero-order valence-electron chi connectivity index (χ0n) is 18.7. The molecule has 2 aromatic rings. The summed E-state index contributed by atoms with van der Waals surface area (Å²) in [6.45, 7) is 11.9. The van der Waals surface area contributed by atoms with Crippen LogP contribution in [0, 0.1) is 12.8 Å². The van der Waals surface area contributed by atoms with Crippen molar-refractivity contribution in [2.45, 2.75) is 66.7 Å². The number of carbonyl (C=O) groups is 1. The van der Waals surface area contributed by atoms with Crippen molar-refractivity contribution in [2.24, 2.45) is 5.92 Å². The van der Waals surface area contributed by atoms with E-state index in [2.05, 4.69) is 54.3 Å². The van der Waals surface area contributed by atoms with E-state index in [0.717, 1.165) is 44.3 Å². The van der Waals surface area contributed by atoms with Crippen LogP contribution in [-0.4, -0.2) is 29.0 Å². The summed E-state index contributed by atoms with van der Waals surface area (Å²) < 4.78 is 0. The summed E-state index contributed by atoms with van der Waals surface area (Å²) in [5.74, 6) is 1.11. The minimum absolute atomic E-state index is 0.0264. The Labute approximate surface area is 176 Å². The molecule has 1 N–H and O–H groups in total. The van der Waals surface area contributed by atoms with Crippen LogP contribution in [0.4, 0.5) is 11.6 Å². The molecule has 29 heavy (non-hydrogen) atoms. The average molecular weight is 397 g/mol. The predicted molar refractivity (Wildman–Crippen MR) is 122 cm³/mol. The molecule has 0 aliphatic heterocycles. The lowest BCUT2D eigenvalue weighted by Crippen LogP contribution is -2.33. The number of benzene rings is 1. The van der Waals surface area contributed by atoms with Crippen LogP contribution in [0.1, 0.15) is 75.0 Å². The molecule has 0 saturated carbocycles. The summed E-state index contributed by atoms with van der Waals surface area (Å²) in [4.78, 5) is 24.2. The minimum Gasteiger partial charge on any atom is -0.354 e. The van der Waals surface area contributed by atoms with E-state index >= 15 is 0 Å². The molecule has 0 aliphatic rings. The minimum atomic E-state index is -0.0264. The fourth-order valence-electron chi connectivity index (χ4n) is 3.23. The first-order chi connectivity index (χ1) is 14.0. The van der Waals surface area contributed by atoms with Crippen LogP contribution in [-0.2, 0) is 6.42 Å². The van der Waals surface area contributed by atoms with Gasteiger partial charge in [-0.15, -0.1) is 0 Å². The Balaban J connectivity index is 2.33. The number of aromatic nitrogens is 2. The number of hydrogen-bond acceptors (Lipinski definition) is 4. The molecule has 2 rings (SSSR count). The average Bonchev–Trinajstić information content (AvgIpc) is 2.72. The smallest absolute Gasteiger partial charge is 0.261 e. The quantitative estimate of drug-likeness (QED) is 0.534. The molecule has 1 aromatic carbocycles. The maximum Gasteiger partial charge on any atom is 0.261 e. The van der Waals surface area contributed by atoms with Gasteiger partial charge in [0.15, 0.2) is 0 Å². The molecule has 0 saturated heterocycles. The van der Waals surface area contributed by atoms with E-state index < -0.39 is 0 Å². The molecule has 0 bridgehead atoms. The molecule has 158 valence electrons.